The van der Waals surface area contributed by atoms with Crippen molar-refractivity contribution in [3.63, 3.8) is 0 Å². The first-order valence-corrected chi connectivity index (χ1v) is 7.72. The Labute approximate surface area is 143 Å². The maximum absolute atomic E-state index is 12.0. The van der Waals surface area contributed by atoms with Crippen LogP contribution in [0.4, 0.5) is 5.69 Å². The first-order valence-electron chi connectivity index (χ1n) is 6.93. The van der Waals surface area contributed by atoms with Gasteiger partial charge >= 0.3 is 5.97 Å². The number of hydrogen-bond acceptors (Lipinski definition) is 4. The van der Waals surface area contributed by atoms with Gasteiger partial charge in [-0.05, 0) is 36.6 Å². The van der Waals surface area contributed by atoms with E-state index < -0.39 is 17.9 Å². The molecule has 0 radical (unpaired) electrons. The molecule has 1 unspecified atom stereocenters. The molecule has 23 heavy (non-hydrogen) atoms. The number of nitrogens with one attached hydrogen (secondary N) is 2. The maximum Gasteiger partial charge on any atom is 0.326 e. The molecule has 1 amide bonds. The van der Waals surface area contributed by atoms with Crippen LogP contribution in [0.5, 0.6) is 0 Å². The van der Waals surface area contributed by atoms with Crippen LogP contribution in [0.3, 0.4) is 0 Å². The molecule has 6 nitrogen and oxygen atoms in total. The van der Waals surface area contributed by atoms with Crippen LogP contribution in [0.2, 0.25) is 0 Å². The van der Waals surface area contributed by atoms with Gasteiger partial charge in [0.15, 0.2) is 0 Å². The van der Waals surface area contributed by atoms with E-state index in [0.717, 1.165) is 15.7 Å². The molecule has 1 aromatic carbocycles. The molecule has 0 saturated heterocycles. The zero-order valence-electron chi connectivity index (χ0n) is 13.1. The molecule has 0 aliphatic carbocycles. The summed E-state index contributed by atoms with van der Waals surface area (Å²) in [7, 11) is 0. The van der Waals surface area contributed by atoms with E-state index in [0.29, 0.717) is 0 Å². The number of rotatable bonds is 6. The molecule has 0 aromatic heterocycles. The Morgan fingerprint density at radius 3 is 2.52 bits per heavy atom. The minimum absolute atomic E-state index is 0.195. The Kier molecular flexibility index (Phi) is 6.79. The molecule has 122 valence electrons. The number of nitriles is 1. The van der Waals surface area contributed by atoms with Gasteiger partial charge in [0.1, 0.15) is 17.7 Å². The van der Waals surface area contributed by atoms with E-state index in [4.69, 9.17) is 10.4 Å². The highest BCUT2D eigenvalue weighted by Gasteiger charge is 2.24. The van der Waals surface area contributed by atoms with Crippen LogP contribution < -0.4 is 10.6 Å². The van der Waals surface area contributed by atoms with Gasteiger partial charge < -0.3 is 15.7 Å². The van der Waals surface area contributed by atoms with Crippen LogP contribution in [0.25, 0.3) is 0 Å². The predicted octanol–water partition coefficient (Wildman–Crippen LogP) is 2.80. The van der Waals surface area contributed by atoms with E-state index in [1.807, 2.05) is 19.1 Å². The Hall–Kier alpha value is -2.33. The molecule has 1 aromatic rings. The number of carbonyl (C=O) groups excluding carboxylic acids is 1. The summed E-state index contributed by atoms with van der Waals surface area (Å²) in [5.74, 6) is -2.16. The van der Waals surface area contributed by atoms with Crippen LogP contribution in [0.15, 0.2) is 34.4 Å². The van der Waals surface area contributed by atoms with Crippen molar-refractivity contribution in [3.05, 3.63) is 40.0 Å². The summed E-state index contributed by atoms with van der Waals surface area (Å²) in [6.45, 7) is 5.24. The van der Waals surface area contributed by atoms with Crippen molar-refractivity contribution in [2.45, 2.75) is 26.8 Å². The maximum atomic E-state index is 12.0. The molecule has 0 spiro atoms. The molecule has 7 heteroatoms. The number of benzene rings is 1. The van der Waals surface area contributed by atoms with Crippen LogP contribution in [0, 0.1) is 24.2 Å². The Balaban J connectivity index is 2.88. The second-order valence-electron chi connectivity index (χ2n) is 5.31. The SMILES string of the molecule is Cc1cc(Br)ccc1N/C=C(/C#N)C(=O)NC(C(=O)O)C(C)C. The van der Waals surface area contributed by atoms with E-state index in [2.05, 4.69) is 26.6 Å². The molecule has 0 aliphatic rings. The topological polar surface area (TPSA) is 102 Å². The fraction of sp³-hybridized carbons (Fsp3) is 0.312. The van der Waals surface area contributed by atoms with E-state index in [-0.39, 0.29) is 11.5 Å². The first-order chi connectivity index (χ1) is 10.8. The average Bonchev–Trinajstić information content (AvgIpc) is 2.46. The standard InChI is InChI=1S/C16H18BrN3O3/c1-9(2)14(16(22)23)20-15(21)11(7-18)8-19-13-5-4-12(17)6-10(13)3/h4-6,8-9,14,19H,1-3H3,(H,20,21)(H,22,23)/b11-8-. The van der Waals surface area contributed by atoms with Crippen molar-refractivity contribution in [1.29, 1.82) is 5.26 Å². The lowest BCUT2D eigenvalue weighted by atomic mass is 10.0. The van der Waals surface area contributed by atoms with Gasteiger partial charge in [-0.1, -0.05) is 29.8 Å². The highest BCUT2D eigenvalue weighted by molar-refractivity contribution is 9.10. The second-order valence-corrected chi connectivity index (χ2v) is 6.22. The molecule has 0 aliphatic heterocycles. The number of carboxylic acids is 1. The highest BCUT2D eigenvalue weighted by Crippen LogP contribution is 2.20. The van der Waals surface area contributed by atoms with Gasteiger partial charge in [-0.15, -0.1) is 0 Å². The van der Waals surface area contributed by atoms with E-state index in [9.17, 15) is 9.59 Å². The Morgan fingerprint density at radius 2 is 2.04 bits per heavy atom. The summed E-state index contributed by atoms with van der Waals surface area (Å²) >= 11 is 3.35. The zero-order chi connectivity index (χ0) is 17.6. The summed E-state index contributed by atoms with van der Waals surface area (Å²) in [4.78, 5) is 23.1. The smallest absolute Gasteiger partial charge is 0.326 e. The van der Waals surface area contributed by atoms with Gasteiger partial charge in [0, 0.05) is 16.4 Å². The first kappa shape index (κ1) is 18.7. The molecule has 1 atom stereocenters. The van der Waals surface area contributed by atoms with Crippen molar-refractivity contribution in [2.75, 3.05) is 5.32 Å². The average molecular weight is 380 g/mol. The Morgan fingerprint density at radius 1 is 1.39 bits per heavy atom. The molecular formula is C16H18BrN3O3. The number of aliphatic carboxylic acids is 1. The minimum Gasteiger partial charge on any atom is -0.480 e. The van der Waals surface area contributed by atoms with E-state index >= 15 is 0 Å². The normalized spacial score (nSPS) is 12.4. The quantitative estimate of drug-likeness (QED) is 0.520. The van der Waals surface area contributed by atoms with Crippen molar-refractivity contribution in [3.8, 4) is 6.07 Å². The molecule has 0 fully saturated rings. The number of carbonyl (C=O) groups is 2. The molecule has 0 bridgehead atoms. The summed E-state index contributed by atoms with van der Waals surface area (Å²) in [5, 5.41) is 23.4. The van der Waals surface area contributed by atoms with E-state index in [1.165, 1.54) is 6.20 Å². The lowest BCUT2D eigenvalue weighted by molar-refractivity contribution is -0.142. The van der Waals surface area contributed by atoms with E-state index in [1.54, 1.807) is 26.0 Å². The zero-order valence-corrected chi connectivity index (χ0v) is 14.6. The number of amides is 1. The third kappa shape index (κ3) is 5.42. The van der Waals surface area contributed by atoms with Crippen LogP contribution in [0.1, 0.15) is 19.4 Å². The lowest BCUT2D eigenvalue weighted by Gasteiger charge is -2.17. The van der Waals surface area contributed by atoms with Crippen molar-refractivity contribution < 1.29 is 14.7 Å². The summed E-state index contributed by atoms with van der Waals surface area (Å²) in [6.07, 6.45) is 1.27. The third-order valence-electron chi connectivity index (χ3n) is 3.14. The molecule has 0 saturated carbocycles. The van der Waals surface area contributed by atoms with Crippen molar-refractivity contribution in [2.24, 2.45) is 5.92 Å². The molecule has 3 N–H and O–H groups in total. The highest BCUT2D eigenvalue weighted by atomic mass is 79.9. The second kappa shape index (κ2) is 8.34. The summed E-state index contributed by atoms with van der Waals surface area (Å²) in [5.41, 5.74) is 1.48. The summed E-state index contributed by atoms with van der Waals surface area (Å²) in [6, 6.07) is 6.24. The van der Waals surface area contributed by atoms with Crippen molar-refractivity contribution >= 4 is 33.5 Å². The number of halogens is 1. The molecule has 1 rings (SSSR count). The monoisotopic (exact) mass is 379 g/mol. The number of carboxylic acid groups (broad SMARTS) is 1. The fourth-order valence-corrected chi connectivity index (χ4v) is 2.30. The van der Waals surface area contributed by atoms with Gasteiger partial charge in [-0.25, -0.2) is 4.79 Å². The number of anilines is 1. The van der Waals surface area contributed by atoms with Crippen LogP contribution >= 0.6 is 15.9 Å². The fourth-order valence-electron chi connectivity index (χ4n) is 1.82. The number of hydrogen-bond donors (Lipinski definition) is 3. The Bertz CT molecular complexity index is 678. The lowest BCUT2D eigenvalue weighted by Crippen LogP contribution is -2.44. The van der Waals surface area contributed by atoms with Crippen molar-refractivity contribution in [1.82, 2.24) is 5.32 Å². The summed E-state index contributed by atoms with van der Waals surface area (Å²) < 4.78 is 0.920. The predicted molar refractivity (Wildman–Crippen MR) is 90.6 cm³/mol. The minimum atomic E-state index is -1.14. The molecule has 0 heterocycles. The van der Waals surface area contributed by atoms with Gasteiger partial charge in [-0.3, -0.25) is 4.79 Å². The van der Waals surface area contributed by atoms with Gasteiger partial charge in [-0.2, -0.15) is 5.26 Å². The third-order valence-corrected chi connectivity index (χ3v) is 3.64. The van der Waals surface area contributed by atoms with Gasteiger partial charge in [0.2, 0.25) is 0 Å². The number of nitrogens with zero attached hydrogens (tertiary/aromatic N) is 1. The van der Waals surface area contributed by atoms with Crippen LogP contribution in [-0.4, -0.2) is 23.0 Å². The number of aryl methyl sites for hydroxylation is 1. The van der Waals surface area contributed by atoms with Crippen LogP contribution in [-0.2, 0) is 9.59 Å². The van der Waals surface area contributed by atoms with Gasteiger partial charge in [0.25, 0.3) is 5.91 Å². The largest absolute Gasteiger partial charge is 0.480 e. The van der Waals surface area contributed by atoms with Gasteiger partial charge in [0.05, 0.1) is 0 Å². The molecular weight excluding hydrogens is 362 g/mol.